The Morgan fingerprint density at radius 2 is 1.72 bits per heavy atom. The van der Waals surface area contributed by atoms with Gasteiger partial charge < -0.3 is 13.7 Å². The first-order valence-corrected chi connectivity index (χ1v) is 10.2. The molecule has 2 aromatic heterocycles. The second-order valence-corrected chi connectivity index (χ2v) is 8.12. The van der Waals surface area contributed by atoms with Gasteiger partial charge in [0.15, 0.2) is 15.6 Å². The van der Waals surface area contributed by atoms with E-state index in [9.17, 15) is 12.8 Å². The zero-order valence-electron chi connectivity index (χ0n) is 15.2. The number of ether oxygens (including phenoxy) is 1. The van der Waals surface area contributed by atoms with E-state index >= 15 is 0 Å². The quantitative estimate of drug-likeness (QED) is 0.468. The average molecular weight is 414 g/mol. The third-order valence-electron chi connectivity index (χ3n) is 4.15. The highest BCUT2D eigenvalue weighted by Crippen LogP contribution is 2.26. The summed E-state index contributed by atoms with van der Waals surface area (Å²) in [5.74, 6) is 0.714. The minimum Gasteiger partial charge on any atom is -0.497 e. The molecule has 2 heterocycles. The van der Waals surface area contributed by atoms with Gasteiger partial charge in [0.05, 0.1) is 12.0 Å². The molecule has 4 aromatic rings. The number of sulfone groups is 1. The lowest BCUT2D eigenvalue weighted by Crippen LogP contribution is -2.04. The predicted octanol–water partition coefficient (Wildman–Crippen LogP) is 4.12. The van der Waals surface area contributed by atoms with Gasteiger partial charge in [0.25, 0.3) is 5.89 Å². The highest BCUT2D eigenvalue weighted by molar-refractivity contribution is 7.90. The average Bonchev–Trinajstić information content (AvgIpc) is 3.38. The van der Waals surface area contributed by atoms with Gasteiger partial charge in [-0.15, -0.1) is 0 Å². The SMILES string of the molecule is COc1ccc(S(=O)(=O)Cc2ccc(-c3nc(-c4ccc(F)cc4)no3)o2)cc1. The molecule has 0 unspecified atom stereocenters. The fourth-order valence-corrected chi connectivity index (χ4v) is 3.91. The molecule has 0 spiro atoms. The Hall–Kier alpha value is -3.46. The van der Waals surface area contributed by atoms with Gasteiger partial charge in [-0.05, 0) is 60.7 Å². The maximum Gasteiger partial charge on any atom is 0.293 e. The zero-order chi connectivity index (χ0) is 20.4. The van der Waals surface area contributed by atoms with Gasteiger partial charge in [0.1, 0.15) is 23.1 Å². The summed E-state index contributed by atoms with van der Waals surface area (Å²) in [6, 6.07) is 14.8. The maximum absolute atomic E-state index is 13.0. The molecule has 0 fully saturated rings. The lowest BCUT2D eigenvalue weighted by molar-refractivity contribution is 0.413. The molecule has 9 heteroatoms. The van der Waals surface area contributed by atoms with Crippen molar-refractivity contribution >= 4 is 9.84 Å². The molecule has 0 N–H and O–H groups in total. The summed E-state index contributed by atoms with van der Waals surface area (Å²) < 4.78 is 54.0. The Balaban J connectivity index is 1.53. The fourth-order valence-electron chi connectivity index (χ4n) is 2.66. The number of nitrogens with zero attached hydrogens (tertiary/aromatic N) is 2. The highest BCUT2D eigenvalue weighted by Gasteiger charge is 2.20. The van der Waals surface area contributed by atoms with Crippen molar-refractivity contribution in [1.29, 1.82) is 0 Å². The molecule has 0 aliphatic heterocycles. The Labute approximate surface area is 165 Å². The van der Waals surface area contributed by atoms with Crippen molar-refractivity contribution in [2.75, 3.05) is 7.11 Å². The largest absolute Gasteiger partial charge is 0.497 e. The van der Waals surface area contributed by atoms with Crippen LogP contribution in [0.5, 0.6) is 5.75 Å². The van der Waals surface area contributed by atoms with E-state index in [4.69, 9.17) is 13.7 Å². The molecule has 0 atom stereocenters. The first-order valence-electron chi connectivity index (χ1n) is 8.50. The summed E-state index contributed by atoms with van der Waals surface area (Å²) in [6.45, 7) is 0. The maximum atomic E-state index is 13.0. The summed E-state index contributed by atoms with van der Waals surface area (Å²) in [5.41, 5.74) is 0.579. The molecule has 0 saturated carbocycles. The van der Waals surface area contributed by atoms with Gasteiger partial charge in [0.2, 0.25) is 5.82 Å². The molecule has 0 radical (unpaired) electrons. The minimum atomic E-state index is -3.60. The fraction of sp³-hybridized carbons (Fsp3) is 0.100. The van der Waals surface area contributed by atoms with Crippen LogP contribution in [0, 0.1) is 5.82 Å². The van der Waals surface area contributed by atoms with E-state index in [0.29, 0.717) is 11.3 Å². The molecule has 0 aliphatic carbocycles. The first kappa shape index (κ1) is 18.9. The molecule has 2 aromatic carbocycles. The third-order valence-corrected chi connectivity index (χ3v) is 5.81. The number of hydrogen-bond donors (Lipinski definition) is 0. The van der Waals surface area contributed by atoms with E-state index in [0.717, 1.165) is 0 Å². The van der Waals surface area contributed by atoms with Crippen LogP contribution >= 0.6 is 0 Å². The van der Waals surface area contributed by atoms with Crippen LogP contribution in [-0.4, -0.2) is 25.7 Å². The second-order valence-electron chi connectivity index (χ2n) is 6.13. The van der Waals surface area contributed by atoms with Crippen LogP contribution in [0.4, 0.5) is 4.39 Å². The Kier molecular flexibility index (Phi) is 4.89. The standard InChI is InChI=1S/C20H15FN2O5S/c1-26-15-6-9-17(10-7-15)29(24,25)12-16-8-11-18(27-16)20-22-19(23-28-20)13-2-4-14(21)5-3-13/h2-11H,12H2,1H3. The number of rotatable bonds is 6. The van der Waals surface area contributed by atoms with E-state index in [1.807, 2.05) is 0 Å². The van der Waals surface area contributed by atoms with Crippen LogP contribution in [0.1, 0.15) is 5.76 Å². The minimum absolute atomic E-state index is 0.0948. The number of methoxy groups -OCH3 is 1. The van der Waals surface area contributed by atoms with Gasteiger partial charge in [0, 0.05) is 5.56 Å². The van der Waals surface area contributed by atoms with Crippen molar-refractivity contribution < 1.29 is 26.5 Å². The van der Waals surface area contributed by atoms with Crippen LogP contribution in [-0.2, 0) is 15.6 Å². The smallest absolute Gasteiger partial charge is 0.293 e. The van der Waals surface area contributed by atoms with E-state index in [-0.39, 0.29) is 39.7 Å². The number of hydrogen-bond acceptors (Lipinski definition) is 7. The zero-order valence-corrected chi connectivity index (χ0v) is 16.0. The molecule has 0 amide bonds. The van der Waals surface area contributed by atoms with E-state index < -0.39 is 9.84 Å². The van der Waals surface area contributed by atoms with Crippen LogP contribution in [0.2, 0.25) is 0 Å². The van der Waals surface area contributed by atoms with Gasteiger partial charge in [-0.25, -0.2) is 12.8 Å². The predicted molar refractivity (Wildman–Crippen MR) is 101 cm³/mol. The Morgan fingerprint density at radius 3 is 2.41 bits per heavy atom. The molecule has 0 bridgehead atoms. The second kappa shape index (κ2) is 7.51. The summed E-state index contributed by atoms with van der Waals surface area (Å²) >= 11 is 0. The van der Waals surface area contributed by atoms with Crippen molar-refractivity contribution in [3.63, 3.8) is 0 Å². The monoisotopic (exact) mass is 414 g/mol. The van der Waals surface area contributed by atoms with Crippen LogP contribution in [0.25, 0.3) is 23.0 Å². The van der Waals surface area contributed by atoms with Gasteiger partial charge in [-0.2, -0.15) is 4.98 Å². The molecular weight excluding hydrogens is 399 g/mol. The van der Waals surface area contributed by atoms with Crippen molar-refractivity contribution in [2.45, 2.75) is 10.6 Å². The summed E-state index contributed by atoms with van der Waals surface area (Å²) in [7, 11) is -2.09. The van der Waals surface area contributed by atoms with Gasteiger partial charge in [-0.1, -0.05) is 5.16 Å². The third kappa shape index (κ3) is 4.04. The summed E-state index contributed by atoms with van der Waals surface area (Å²) in [5, 5.41) is 3.84. The molecule has 7 nitrogen and oxygen atoms in total. The number of benzene rings is 2. The first-order chi connectivity index (χ1) is 13.9. The lowest BCUT2D eigenvalue weighted by atomic mass is 10.2. The van der Waals surface area contributed by atoms with Crippen molar-refractivity contribution in [3.8, 4) is 28.8 Å². The number of furan rings is 1. The van der Waals surface area contributed by atoms with Crippen molar-refractivity contribution in [2.24, 2.45) is 0 Å². The van der Waals surface area contributed by atoms with E-state index in [2.05, 4.69) is 10.1 Å². The Morgan fingerprint density at radius 1 is 1.00 bits per heavy atom. The highest BCUT2D eigenvalue weighted by atomic mass is 32.2. The van der Waals surface area contributed by atoms with Crippen LogP contribution in [0.3, 0.4) is 0 Å². The van der Waals surface area contributed by atoms with Crippen molar-refractivity contribution in [1.82, 2.24) is 10.1 Å². The lowest BCUT2D eigenvalue weighted by Gasteiger charge is -2.04. The number of aromatic nitrogens is 2. The molecule has 0 aliphatic rings. The summed E-state index contributed by atoms with van der Waals surface area (Å²) in [4.78, 5) is 4.37. The molecule has 148 valence electrons. The normalized spacial score (nSPS) is 11.5. The van der Waals surface area contributed by atoms with Crippen LogP contribution in [0.15, 0.2) is 74.5 Å². The summed E-state index contributed by atoms with van der Waals surface area (Å²) in [6.07, 6.45) is 0. The molecule has 0 saturated heterocycles. The molecule has 4 rings (SSSR count). The number of halogens is 1. The van der Waals surface area contributed by atoms with Crippen LogP contribution < -0.4 is 4.74 Å². The van der Waals surface area contributed by atoms with E-state index in [1.54, 1.807) is 18.2 Å². The van der Waals surface area contributed by atoms with Gasteiger partial charge >= 0.3 is 0 Å². The van der Waals surface area contributed by atoms with Gasteiger partial charge in [-0.3, -0.25) is 0 Å². The van der Waals surface area contributed by atoms with Crippen molar-refractivity contribution in [3.05, 3.63) is 72.2 Å². The Bertz CT molecular complexity index is 1230. The topological polar surface area (TPSA) is 95.4 Å². The van der Waals surface area contributed by atoms with E-state index in [1.165, 1.54) is 49.6 Å². The molecular formula is C20H15FN2O5S. The molecule has 29 heavy (non-hydrogen) atoms.